The lowest BCUT2D eigenvalue weighted by atomic mass is 10.0. The van der Waals surface area contributed by atoms with E-state index in [1.807, 2.05) is 0 Å². The highest BCUT2D eigenvalue weighted by Gasteiger charge is 2.36. The van der Waals surface area contributed by atoms with Crippen LogP contribution in [0.3, 0.4) is 0 Å². The van der Waals surface area contributed by atoms with Crippen LogP contribution in [-0.4, -0.2) is 94.4 Å². The molecule has 0 aromatic heterocycles. The van der Waals surface area contributed by atoms with Gasteiger partial charge in [-0.2, -0.15) is 0 Å². The van der Waals surface area contributed by atoms with Crippen molar-refractivity contribution in [1.82, 2.24) is 10.4 Å². The third-order valence-electron chi connectivity index (χ3n) is 6.07. The van der Waals surface area contributed by atoms with E-state index < -0.39 is 17.8 Å². The Bertz CT molecular complexity index is 771. The predicted molar refractivity (Wildman–Crippen MR) is 123 cm³/mol. The Morgan fingerprint density at radius 3 is 2.11 bits per heavy atom. The van der Waals surface area contributed by atoms with Gasteiger partial charge in [-0.05, 0) is 25.7 Å². The van der Waals surface area contributed by atoms with E-state index >= 15 is 0 Å². The molecule has 3 amide bonds. The van der Waals surface area contributed by atoms with Gasteiger partial charge in [0.1, 0.15) is 6.10 Å². The van der Waals surface area contributed by atoms with Gasteiger partial charge in [0.25, 0.3) is 11.8 Å². The van der Waals surface area contributed by atoms with E-state index in [2.05, 4.69) is 11.4 Å². The summed E-state index contributed by atoms with van der Waals surface area (Å²) in [5.74, 6) is -1.30. The van der Waals surface area contributed by atoms with Crippen molar-refractivity contribution < 1.29 is 47.7 Å². The highest BCUT2D eigenvalue weighted by Crippen LogP contribution is 2.41. The van der Waals surface area contributed by atoms with Gasteiger partial charge in [0, 0.05) is 25.3 Å². The first-order valence-corrected chi connectivity index (χ1v) is 12.6. The molecule has 202 valence electrons. The Labute approximate surface area is 210 Å². The first kappa shape index (κ1) is 28.0. The van der Waals surface area contributed by atoms with Crippen LogP contribution in [0.5, 0.6) is 0 Å². The van der Waals surface area contributed by atoms with E-state index in [4.69, 9.17) is 28.5 Å². The number of rotatable bonds is 17. The van der Waals surface area contributed by atoms with Crippen molar-refractivity contribution in [2.45, 2.75) is 51.0 Å². The summed E-state index contributed by atoms with van der Waals surface area (Å²) in [6.07, 6.45) is 6.08. The molecule has 0 bridgehead atoms. The fourth-order valence-electron chi connectivity index (χ4n) is 4.28. The molecule has 12 nitrogen and oxygen atoms in total. The molecule has 3 aliphatic rings. The smallest absolute Gasteiger partial charge is 0.407 e. The molecule has 1 saturated carbocycles. The SMILES string of the molecule is O=C(CCOCCOCCOCCOCCNC(=O)OC1CCC2=CCCC21)ON1C(=O)CCC1=O. The molecule has 1 heterocycles. The molecule has 2 atom stereocenters. The van der Waals surface area contributed by atoms with E-state index in [0.29, 0.717) is 57.2 Å². The van der Waals surface area contributed by atoms with Gasteiger partial charge in [0.05, 0.1) is 59.3 Å². The maximum Gasteiger partial charge on any atom is 0.407 e. The second-order valence-corrected chi connectivity index (χ2v) is 8.62. The Morgan fingerprint density at radius 1 is 0.833 bits per heavy atom. The van der Waals surface area contributed by atoms with Crippen LogP contribution < -0.4 is 5.32 Å². The van der Waals surface area contributed by atoms with Crippen LogP contribution in [0, 0.1) is 5.92 Å². The quantitative estimate of drug-likeness (QED) is 0.172. The fourth-order valence-corrected chi connectivity index (χ4v) is 4.28. The lowest BCUT2D eigenvalue weighted by molar-refractivity contribution is -0.198. The fraction of sp³-hybridized carbons (Fsp3) is 0.750. The minimum atomic E-state index is -0.699. The van der Waals surface area contributed by atoms with E-state index in [0.717, 1.165) is 25.7 Å². The number of amides is 3. The summed E-state index contributed by atoms with van der Waals surface area (Å²) in [6, 6.07) is 0. The summed E-state index contributed by atoms with van der Waals surface area (Å²) in [5, 5.41) is 3.24. The minimum absolute atomic E-state index is 0.00593. The average Bonchev–Trinajstić information content (AvgIpc) is 3.56. The van der Waals surface area contributed by atoms with Crippen LogP contribution in [0.2, 0.25) is 0 Å². The van der Waals surface area contributed by atoms with Crippen LogP contribution in [0.4, 0.5) is 4.79 Å². The maximum atomic E-state index is 11.9. The van der Waals surface area contributed by atoms with Crippen molar-refractivity contribution in [3.63, 3.8) is 0 Å². The predicted octanol–water partition coefficient (Wildman–Crippen LogP) is 1.28. The van der Waals surface area contributed by atoms with E-state index in [1.54, 1.807) is 0 Å². The van der Waals surface area contributed by atoms with Gasteiger partial charge < -0.3 is 33.8 Å². The average molecular weight is 513 g/mol. The van der Waals surface area contributed by atoms with Crippen molar-refractivity contribution in [2.24, 2.45) is 5.92 Å². The standard InChI is InChI=1S/C24H36N2O10/c27-21-6-7-22(28)26(21)36-23(29)8-10-31-12-14-33-16-17-34-15-13-32-11-9-25-24(30)35-20-5-4-18-2-1-3-19(18)20/h2,19-20H,1,3-17H2,(H,25,30). The number of carbonyl (C=O) groups is 4. The number of alkyl carbamates (subject to hydrolysis) is 1. The Kier molecular flexibility index (Phi) is 12.1. The topological polar surface area (TPSA) is 139 Å². The molecular formula is C24H36N2O10. The number of imide groups is 1. The van der Waals surface area contributed by atoms with Crippen molar-refractivity contribution in [3.8, 4) is 0 Å². The maximum absolute atomic E-state index is 11.9. The van der Waals surface area contributed by atoms with Crippen LogP contribution in [0.15, 0.2) is 11.6 Å². The summed E-state index contributed by atoms with van der Waals surface area (Å²) in [6.45, 7) is 3.08. The third-order valence-corrected chi connectivity index (χ3v) is 6.07. The summed E-state index contributed by atoms with van der Waals surface area (Å²) < 4.78 is 27.0. The zero-order valence-corrected chi connectivity index (χ0v) is 20.6. The summed E-state index contributed by atoms with van der Waals surface area (Å²) in [5.41, 5.74) is 1.45. The van der Waals surface area contributed by atoms with Crippen LogP contribution >= 0.6 is 0 Å². The highest BCUT2D eigenvalue weighted by atomic mass is 16.7. The molecular weight excluding hydrogens is 476 g/mol. The monoisotopic (exact) mass is 512 g/mol. The van der Waals surface area contributed by atoms with Gasteiger partial charge in [-0.25, -0.2) is 9.59 Å². The molecule has 3 rings (SSSR count). The summed E-state index contributed by atoms with van der Waals surface area (Å²) >= 11 is 0. The largest absolute Gasteiger partial charge is 0.446 e. The van der Waals surface area contributed by atoms with E-state index in [-0.39, 0.29) is 44.7 Å². The number of ether oxygens (including phenoxy) is 5. The highest BCUT2D eigenvalue weighted by molar-refractivity contribution is 6.01. The molecule has 2 aliphatic carbocycles. The van der Waals surface area contributed by atoms with Crippen LogP contribution in [-0.2, 0) is 42.9 Å². The lowest BCUT2D eigenvalue weighted by Gasteiger charge is -2.18. The van der Waals surface area contributed by atoms with Gasteiger partial charge in [-0.3, -0.25) is 9.59 Å². The molecule has 36 heavy (non-hydrogen) atoms. The molecule has 1 aliphatic heterocycles. The minimum Gasteiger partial charge on any atom is -0.446 e. The molecule has 2 fully saturated rings. The normalized spacial score (nSPS) is 21.0. The molecule has 0 aromatic rings. The molecule has 2 unspecified atom stereocenters. The summed E-state index contributed by atoms with van der Waals surface area (Å²) in [4.78, 5) is 51.0. The number of hydroxylamine groups is 2. The zero-order valence-electron chi connectivity index (χ0n) is 20.6. The van der Waals surface area contributed by atoms with E-state index in [1.165, 1.54) is 5.57 Å². The Hall–Kier alpha value is -2.54. The summed E-state index contributed by atoms with van der Waals surface area (Å²) in [7, 11) is 0. The number of carbonyl (C=O) groups excluding carboxylic acids is 4. The molecule has 1 N–H and O–H groups in total. The second kappa shape index (κ2) is 15.5. The van der Waals surface area contributed by atoms with Crippen molar-refractivity contribution >= 4 is 23.9 Å². The van der Waals surface area contributed by atoms with Gasteiger partial charge in [0.2, 0.25) is 0 Å². The molecule has 0 radical (unpaired) electrons. The van der Waals surface area contributed by atoms with Gasteiger partial charge in [-0.15, -0.1) is 5.06 Å². The lowest BCUT2D eigenvalue weighted by Crippen LogP contribution is -2.32. The number of fused-ring (bicyclic) bond motifs is 1. The molecule has 0 spiro atoms. The number of nitrogens with zero attached hydrogens (tertiary/aromatic N) is 1. The second-order valence-electron chi connectivity index (χ2n) is 8.62. The van der Waals surface area contributed by atoms with Gasteiger partial charge >= 0.3 is 12.1 Å². The molecule has 1 saturated heterocycles. The Balaban J connectivity index is 1.03. The Morgan fingerprint density at radius 2 is 1.44 bits per heavy atom. The van der Waals surface area contributed by atoms with Crippen molar-refractivity contribution in [2.75, 3.05) is 59.4 Å². The van der Waals surface area contributed by atoms with Crippen LogP contribution in [0.1, 0.15) is 44.9 Å². The van der Waals surface area contributed by atoms with Crippen molar-refractivity contribution in [3.05, 3.63) is 11.6 Å². The molecule has 0 aromatic carbocycles. The van der Waals surface area contributed by atoms with Gasteiger partial charge in [-0.1, -0.05) is 11.6 Å². The number of allylic oxidation sites excluding steroid dienone is 1. The first-order chi connectivity index (χ1) is 17.5. The number of hydrogen-bond acceptors (Lipinski definition) is 10. The first-order valence-electron chi connectivity index (χ1n) is 12.6. The molecule has 12 heteroatoms. The van der Waals surface area contributed by atoms with E-state index in [9.17, 15) is 19.2 Å². The van der Waals surface area contributed by atoms with Gasteiger partial charge in [0.15, 0.2) is 0 Å². The number of hydrogen-bond donors (Lipinski definition) is 1. The van der Waals surface area contributed by atoms with Crippen LogP contribution in [0.25, 0.3) is 0 Å². The number of nitrogens with one attached hydrogen (secondary N) is 1. The zero-order chi connectivity index (χ0) is 25.6. The third kappa shape index (κ3) is 9.49. The van der Waals surface area contributed by atoms with Crippen molar-refractivity contribution in [1.29, 1.82) is 0 Å².